The van der Waals surface area contributed by atoms with Gasteiger partial charge < -0.3 is 15.5 Å². The number of hydrogen-bond acceptors (Lipinski definition) is 3. The zero-order chi connectivity index (χ0) is 8.43. The molecule has 0 aromatic heterocycles. The number of hydrogen-bond donors (Lipinski definition) is 3. The van der Waals surface area contributed by atoms with Crippen LogP contribution >= 0.6 is 0 Å². The number of aliphatic carboxylic acids is 1. The van der Waals surface area contributed by atoms with Gasteiger partial charge in [0.15, 0.2) is 0 Å². The fourth-order valence-electron chi connectivity index (χ4n) is 0.827. The van der Waals surface area contributed by atoms with E-state index in [2.05, 4.69) is 5.32 Å². The Morgan fingerprint density at radius 2 is 2.36 bits per heavy atom. The van der Waals surface area contributed by atoms with Crippen LogP contribution in [0, 0.1) is 0 Å². The second kappa shape index (κ2) is 2.71. The number of nitrogens with one attached hydrogen (secondary N) is 1. The van der Waals surface area contributed by atoms with Gasteiger partial charge in [0.05, 0.1) is 6.42 Å². The molecule has 0 aromatic rings. The monoisotopic (exact) mass is 157 g/mol. The van der Waals surface area contributed by atoms with Gasteiger partial charge in [-0.3, -0.25) is 4.79 Å². The quantitative estimate of drug-likeness (QED) is 0.448. The normalized spacial score (nSPS) is 23.9. The molecule has 0 fully saturated rings. The highest BCUT2D eigenvalue weighted by atomic mass is 16.4. The summed E-state index contributed by atoms with van der Waals surface area (Å²) < 4.78 is 0. The fraction of sp³-hybridized carbons (Fsp3) is 0.333. The number of aliphatic hydroxyl groups is 1. The molecule has 0 aliphatic carbocycles. The minimum atomic E-state index is -1.17. The predicted molar refractivity (Wildman–Crippen MR) is 34.5 cm³/mol. The third-order valence-electron chi connectivity index (χ3n) is 1.29. The van der Waals surface area contributed by atoms with Crippen molar-refractivity contribution in [2.24, 2.45) is 0 Å². The Kier molecular flexibility index (Phi) is 1.91. The molecule has 1 atom stereocenters. The van der Waals surface area contributed by atoms with E-state index in [-0.39, 0.29) is 12.0 Å². The molecule has 5 heteroatoms. The maximum atomic E-state index is 10.6. The first-order chi connectivity index (χ1) is 5.09. The molecule has 0 saturated carbocycles. The van der Waals surface area contributed by atoms with Gasteiger partial charge in [0.2, 0.25) is 5.91 Å². The fourth-order valence-corrected chi connectivity index (χ4v) is 0.827. The summed E-state index contributed by atoms with van der Waals surface area (Å²) in [5.41, 5.74) is -0.0683. The summed E-state index contributed by atoms with van der Waals surface area (Å²) in [5.74, 6) is -1.64. The molecule has 3 N–H and O–H groups in total. The summed E-state index contributed by atoms with van der Waals surface area (Å²) in [7, 11) is 0. The van der Waals surface area contributed by atoms with Crippen molar-refractivity contribution in [3.05, 3.63) is 11.6 Å². The van der Waals surface area contributed by atoms with Crippen LogP contribution in [0.25, 0.3) is 0 Å². The zero-order valence-electron chi connectivity index (χ0n) is 5.57. The Balaban J connectivity index is 2.80. The highest BCUT2D eigenvalue weighted by Gasteiger charge is 2.20. The largest absolute Gasteiger partial charge is 0.478 e. The van der Waals surface area contributed by atoms with Crippen LogP contribution in [0.3, 0.4) is 0 Å². The Morgan fingerprint density at radius 1 is 1.73 bits per heavy atom. The van der Waals surface area contributed by atoms with Gasteiger partial charge in [-0.2, -0.15) is 0 Å². The summed E-state index contributed by atoms with van der Waals surface area (Å²) in [4.78, 5) is 20.9. The zero-order valence-corrected chi connectivity index (χ0v) is 5.57. The van der Waals surface area contributed by atoms with Crippen molar-refractivity contribution in [3.8, 4) is 0 Å². The molecule has 1 rings (SSSR count). The van der Waals surface area contributed by atoms with E-state index < -0.39 is 18.1 Å². The molecular formula is C6H7NO4. The van der Waals surface area contributed by atoms with Gasteiger partial charge in [-0.25, -0.2) is 4.79 Å². The van der Waals surface area contributed by atoms with Crippen molar-refractivity contribution in [1.82, 2.24) is 5.32 Å². The Hall–Kier alpha value is -1.36. The molecule has 0 aromatic carbocycles. The van der Waals surface area contributed by atoms with E-state index in [9.17, 15) is 9.59 Å². The highest BCUT2D eigenvalue weighted by molar-refractivity contribution is 5.95. The van der Waals surface area contributed by atoms with E-state index in [0.717, 1.165) is 6.08 Å². The number of carbonyl (C=O) groups is 2. The van der Waals surface area contributed by atoms with Gasteiger partial charge in [0, 0.05) is 5.57 Å². The van der Waals surface area contributed by atoms with Gasteiger partial charge >= 0.3 is 5.97 Å². The lowest BCUT2D eigenvalue weighted by Gasteiger charge is -2.15. The van der Waals surface area contributed by atoms with Crippen molar-refractivity contribution in [3.63, 3.8) is 0 Å². The molecule has 5 nitrogen and oxygen atoms in total. The maximum absolute atomic E-state index is 10.6. The molecule has 1 amide bonds. The number of amides is 1. The first-order valence-electron chi connectivity index (χ1n) is 3.01. The van der Waals surface area contributed by atoms with Crippen LogP contribution in [0.4, 0.5) is 0 Å². The van der Waals surface area contributed by atoms with Crippen LogP contribution in [-0.4, -0.2) is 28.3 Å². The van der Waals surface area contributed by atoms with E-state index in [1.54, 1.807) is 0 Å². The molecule has 1 heterocycles. The molecule has 1 aliphatic heterocycles. The molecule has 0 bridgehead atoms. The minimum Gasteiger partial charge on any atom is -0.478 e. The molecule has 60 valence electrons. The van der Waals surface area contributed by atoms with Crippen LogP contribution in [0.5, 0.6) is 0 Å². The third kappa shape index (κ3) is 1.78. The van der Waals surface area contributed by atoms with Gasteiger partial charge in [0.1, 0.15) is 6.23 Å². The second-order valence-electron chi connectivity index (χ2n) is 2.19. The van der Waals surface area contributed by atoms with Crippen molar-refractivity contribution in [2.45, 2.75) is 12.6 Å². The topological polar surface area (TPSA) is 86.6 Å². The first-order valence-corrected chi connectivity index (χ1v) is 3.01. The number of carbonyl (C=O) groups excluding carboxylic acids is 1. The maximum Gasteiger partial charge on any atom is 0.331 e. The SMILES string of the molecule is O=C1CC(C(=O)O)=CC(O)N1. The summed E-state index contributed by atoms with van der Waals surface area (Å²) in [5, 5.41) is 19.4. The van der Waals surface area contributed by atoms with E-state index in [1.165, 1.54) is 0 Å². The molecule has 11 heavy (non-hydrogen) atoms. The molecule has 1 unspecified atom stereocenters. The van der Waals surface area contributed by atoms with Gasteiger partial charge in [-0.05, 0) is 6.08 Å². The predicted octanol–water partition coefficient (Wildman–Crippen LogP) is -1.16. The van der Waals surface area contributed by atoms with Crippen molar-refractivity contribution in [1.29, 1.82) is 0 Å². The van der Waals surface area contributed by atoms with E-state index in [0.29, 0.717) is 0 Å². The third-order valence-corrected chi connectivity index (χ3v) is 1.29. The van der Waals surface area contributed by atoms with Gasteiger partial charge in [-0.15, -0.1) is 0 Å². The van der Waals surface area contributed by atoms with Crippen molar-refractivity contribution >= 4 is 11.9 Å². The van der Waals surface area contributed by atoms with Crippen molar-refractivity contribution in [2.75, 3.05) is 0 Å². The van der Waals surface area contributed by atoms with E-state index in [4.69, 9.17) is 10.2 Å². The Bertz CT molecular complexity index is 233. The summed E-state index contributed by atoms with van der Waals surface area (Å²) in [6.45, 7) is 0. The molecular weight excluding hydrogens is 150 g/mol. The van der Waals surface area contributed by atoms with E-state index in [1.807, 2.05) is 0 Å². The van der Waals surface area contributed by atoms with E-state index >= 15 is 0 Å². The van der Waals surface area contributed by atoms with Gasteiger partial charge in [0.25, 0.3) is 0 Å². The smallest absolute Gasteiger partial charge is 0.331 e. The lowest BCUT2D eigenvalue weighted by molar-refractivity contribution is -0.135. The average Bonchev–Trinajstić information content (AvgIpc) is 1.85. The molecule has 0 spiro atoms. The lowest BCUT2D eigenvalue weighted by atomic mass is 10.1. The number of carboxylic acids is 1. The van der Waals surface area contributed by atoms with Crippen LogP contribution in [0.1, 0.15) is 6.42 Å². The van der Waals surface area contributed by atoms with Crippen LogP contribution in [0.15, 0.2) is 11.6 Å². The highest BCUT2D eigenvalue weighted by Crippen LogP contribution is 2.07. The number of carboxylic acid groups (broad SMARTS) is 1. The summed E-state index contributed by atoms with van der Waals surface area (Å²) in [6, 6.07) is 0. The molecule has 1 aliphatic rings. The number of aliphatic hydroxyl groups excluding tert-OH is 1. The van der Waals surface area contributed by atoms with Gasteiger partial charge in [-0.1, -0.05) is 0 Å². The number of rotatable bonds is 1. The van der Waals surface area contributed by atoms with Crippen LogP contribution in [0.2, 0.25) is 0 Å². The summed E-state index contributed by atoms with van der Waals surface area (Å²) in [6.07, 6.45) is -0.238. The second-order valence-corrected chi connectivity index (χ2v) is 2.19. The van der Waals surface area contributed by atoms with Crippen LogP contribution in [-0.2, 0) is 9.59 Å². The summed E-state index contributed by atoms with van der Waals surface area (Å²) >= 11 is 0. The Morgan fingerprint density at radius 3 is 2.82 bits per heavy atom. The average molecular weight is 157 g/mol. The first kappa shape index (κ1) is 7.74. The molecule has 0 saturated heterocycles. The molecule has 0 radical (unpaired) electrons. The minimum absolute atomic E-state index is 0.0683. The van der Waals surface area contributed by atoms with Crippen molar-refractivity contribution < 1.29 is 19.8 Å². The lowest BCUT2D eigenvalue weighted by Crippen LogP contribution is -2.38. The standard InChI is InChI=1S/C6H7NO4/c8-4-1-3(6(10)11)2-5(9)7-4/h1,4,8H,2H2,(H,7,9)(H,10,11). The van der Waals surface area contributed by atoms with Crippen LogP contribution < -0.4 is 5.32 Å². The Labute approximate surface area is 62.3 Å².